The van der Waals surface area contributed by atoms with E-state index in [1.54, 1.807) is 36.4 Å². The highest BCUT2D eigenvalue weighted by Gasteiger charge is 2.37. The molecule has 0 saturated carbocycles. The van der Waals surface area contributed by atoms with Crippen LogP contribution in [0.3, 0.4) is 0 Å². The van der Waals surface area contributed by atoms with Gasteiger partial charge >= 0.3 is 0 Å². The van der Waals surface area contributed by atoms with E-state index in [4.69, 9.17) is 27.9 Å². The highest BCUT2D eigenvalue weighted by atomic mass is 35.5. The summed E-state index contributed by atoms with van der Waals surface area (Å²) >= 11 is 13.4. The number of amidine groups is 1. The van der Waals surface area contributed by atoms with E-state index in [2.05, 4.69) is 16.8 Å². The summed E-state index contributed by atoms with van der Waals surface area (Å²) in [6.45, 7) is 4.10. The summed E-state index contributed by atoms with van der Waals surface area (Å²) < 4.78 is 5.14. The van der Waals surface area contributed by atoms with E-state index in [0.717, 1.165) is 16.9 Å². The van der Waals surface area contributed by atoms with Crippen molar-refractivity contribution in [1.82, 2.24) is 4.90 Å². The van der Waals surface area contributed by atoms with Crippen molar-refractivity contribution >= 4 is 52.3 Å². The zero-order valence-electron chi connectivity index (χ0n) is 15.7. The number of methoxy groups -OCH3 is 1. The number of carbonyl (C=O) groups is 1. The Bertz CT molecular complexity index is 961. The lowest BCUT2D eigenvalue weighted by molar-refractivity contribution is -0.125. The van der Waals surface area contributed by atoms with Crippen LogP contribution in [-0.2, 0) is 11.2 Å². The average molecular weight is 448 g/mol. The van der Waals surface area contributed by atoms with Crippen LogP contribution in [0, 0.1) is 0 Å². The minimum atomic E-state index is -0.304. The Morgan fingerprint density at radius 1 is 1.21 bits per heavy atom. The number of ether oxygens (including phenoxy) is 1. The smallest absolute Gasteiger partial charge is 0.242 e. The molecule has 2 aromatic rings. The van der Waals surface area contributed by atoms with E-state index in [1.165, 1.54) is 11.8 Å². The lowest BCUT2D eigenvalue weighted by Gasteiger charge is -2.13. The summed E-state index contributed by atoms with van der Waals surface area (Å²) in [7, 11) is 1.62. The quantitative estimate of drug-likeness (QED) is 0.338. The number of rotatable bonds is 7. The predicted molar refractivity (Wildman–Crippen MR) is 121 cm³/mol. The molecule has 1 aliphatic rings. The fourth-order valence-electron chi connectivity index (χ4n) is 2.73. The number of halogens is 2. The first-order chi connectivity index (χ1) is 14.0. The number of hydrogen-bond acceptors (Lipinski definition) is 5. The van der Waals surface area contributed by atoms with Crippen LogP contribution >= 0.6 is 35.0 Å². The van der Waals surface area contributed by atoms with Crippen LogP contribution in [-0.4, -0.2) is 41.1 Å². The van der Waals surface area contributed by atoms with Gasteiger partial charge in [0.25, 0.3) is 0 Å². The fraction of sp³-hybridized carbons (Fsp3) is 0.190. The van der Waals surface area contributed by atoms with Gasteiger partial charge in [-0.1, -0.05) is 47.1 Å². The maximum Gasteiger partial charge on any atom is 0.242 e. The molecular formula is C21H19Cl2N3O2S. The number of thioether (sulfide) groups is 1. The van der Waals surface area contributed by atoms with Crippen LogP contribution < -0.4 is 4.74 Å². The number of hydrogen-bond donors (Lipinski definition) is 0. The Hall–Kier alpha value is -2.28. The second-order valence-electron chi connectivity index (χ2n) is 6.20. The fourth-order valence-corrected chi connectivity index (χ4v) is 4.19. The van der Waals surface area contributed by atoms with Crippen LogP contribution in [0.15, 0.2) is 65.3 Å². The first kappa shape index (κ1) is 21.4. The second-order valence-corrected chi connectivity index (χ2v) is 8.18. The van der Waals surface area contributed by atoms with Crippen molar-refractivity contribution in [3.63, 3.8) is 0 Å². The first-order valence-electron chi connectivity index (χ1n) is 8.79. The Kier molecular flexibility index (Phi) is 7.36. The van der Waals surface area contributed by atoms with Crippen LogP contribution in [0.4, 0.5) is 0 Å². The third-order valence-electron chi connectivity index (χ3n) is 4.20. The molecule has 3 rings (SSSR count). The lowest BCUT2D eigenvalue weighted by Crippen LogP contribution is -2.32. The highest BCUT2D eigenvalue weighted by Crippen LogP contribution is 2.31. The second kappa shape index (κ2) is 9.96. The molecule has 1 aliphatic heterocycles. The van der Waals surface area contributed by atoms with Gasteiger partial charge in [-0.15, -0.1) is 11.7 Å². The molecule has 0 bridgehead atoms. The van der Waals surface area contributed by atoms with E-state index in [9.17, 15) is 4.79 Å². The van der Waals surface area contributed by atoms with E-state index < -0.39 is 0 Å². The van der Waals surface area contributed by atoms with Gasteiger partial charge in [-0.25, -0.2) is 0 Å². The Balaban J connectivity index is 1.75. The molecule has 2 aromatic carbocycles. The maximum atomic E-state index is 12.8. The van der Waals surface area contributed by atoms with Gasteiger partial charge in [-0.05, 0) is 53.9 Å². The molecule has 5 nitrogen and oxygen atoms in total. The summed E-state index contributed by atoms with van der Waals surface area (Å²) in [5.74, 6) is 0.743. The summed E-state index contributed by atoms with van der Waals surface area (Å²) in [4.78, 5) is 14.4. The van der Waals surface area contributed by atoms with Crippen molar-refractivity contribution in [1.29, 1.82) is 0 Å². The average Bonchev–Trinajstić information content (AvgIpc) is 3.01. The number of amides is 1. The Labute approximate surface area is 184 Å². The van der Waals surface area contributed by atoms with E-state index in [1.807, 2.05) is 30.3 Å². The minimum absolute atomic E-state index is 0.0284. The zero-order chi connectivity index (χ0) is 20.8. The number of benzene rings is 2. The van der Waals surface area contributed by atoms with Crippen molar-refractivity contribution in [3.8, 4) is 5.75 Å². The molecule has 1 saturated heterocycles. The van der Waals surface area contributed by atoms with Crippen LogP contribution in [0.5, 0.6) is 5.75 Å². The minimum Gasteiger partial charge on any atom is -0.497 e. The molecular weight excluding hydrogens is 429 g/mol. The molecule has 0 radical (unpaired) electrons. The molecule has 150 valence electrons. The van der Waals surface area contributed by atoms with Crippen LogP contribution in [0.2, 0.25) is 10.0 Å². The topological polar surface area (TPSA) is 54.3 Å². The van der Waals surface area contributed by atoms with Crippen molar-refractivity contribution in [2.24, 2.45) is 10.2 Å². The van der Waals surface area contributed by atoms with Gasteiger partial charge in [0.1, 0.15) is 5.75 Å². The zero-order valence-corrected chi connectivity index (χ0v) is 18.0. The molecule has 1 amide bonds. The van der Waals surface area contributed by atoms with Gasteiger partial charge in [-0.3, -0.25) is 9.69 Å². The van der Waals surface area contributed by atoms with Gasteiger partial charge in [0.15, 0.2) is 5.17 Å². The van der Waals surface area contributed by atoms with E-state index in [0.29, 0.717) is 28.2 Å². The summed E-state index contributed by atoms with van der Waals surface area (Å²) in [5.41, 5.74) is 1.82. The summed E-state index contributed by atoms with van der Waals surface area (Å²) in [6.07, 6.45) is 3.83. The van der Waals surface area contributed by atoms with Crippen LogP contribution in [0.1, 0.15) is 11.1 Å². The number of nitrogens with zero attached hydrogens (tertiary/aromatic N) is 3. The Morgan fingerprint density at radius 2 is 1.97 bits per heavy atom. The largest absolute Gasteiger partial charge is 0.497 e. The Morgan fingerprint density at radius 3 is 2.62 bits per heavy atom. The van der Waals surface area contributed by atoms with Gasteiger partial charge in [0.2, 0.25) is 5.91 Å². The van der Waals surface area contributed by atoms with Gasteiger partial charge < -0.3 is 4.74 Å². The molecule has 1 heterocycles. The van der Waals surface area contributed by atoms with E-state index in [-0.39, 0.29) is 11.2 Å². The van der Waals surface area contributed by atoms with Crippen molar-refractivity contribution < 1.29 is 9.53 Å². The third kappa shape index (κ3) is 5.41. The molecule has 8 heteroatoms. The molecule has 0 aliphatic carbocycles. The van der Waals surface area contributed by atoms with Crippen molar-refractivity contribution in [3.05, 3.63) is 76.3 Å². The molecule has 0 N–H and O–H groups in total. The molecule has 0 aromatic heterocycles. The molecule has 1 fully saturated rings. The summed E-state index contributed by atoms with van der Waals surface area (Å²) in [5, 5.41) is 9.62. The van der Waals surface area contributed by atoms with Crippen molar-refractivity contribution in [2.75, 3.05) is 13.7 Å². The molecule has 0 unspecified atom stereocenters. The van der Waals surface area contributed by atoms with Crippen LogP contribution in [0.25, 0.3) is 0 Å². The predicted octanol–water partition coefficient (Wildman–Crippen LogP) is 5.06. The molecule has 0 spiro atoms. The van der Waals surface area contributed by atoms with Gasteiger partial charge in [-0.2, -0.15) is 5.10 Å². The first-order valence-corrected chi connectivity index (χ1v) is 10.4. The maximum absolute atomic E-state index is 12.8. The van der Waals surface area contributed by atoms with E-state index >= 15 is 0 Å². The third-order valence-corrected chi connectivity index (χ3v) is 6.11. The lowest BCUT2D eigenvalue weighted by atomic mass is 10.1. The normalized spacial score (nSPS) is 18.0. The monoisotopic (exact) mass is 447 g/mol. The SMILES string of the molecule is C=CCN1C(=O)[C@H](Cc2ccc(Cl)c(Cl)c2)S/C1=N\N=C/c1ccc(OC)cc1. The highest BCUT2D eigenvalue weighted by molar-refractivity contribution is 8.15. The van der Waals surface area contributed by atoms with Gasteiger partial charge in [0, 0.05) is 6.54 Å². The van der Waals surface area contributed by atoms with Gasteiger partial charge in [0.05, 0.1) is 28.6 Å². The number of carbonyl (C=O) groups excluding carboxylic acids is 1. The summed E-state index contributed by atoms with van der Waals surface area (Å²) in [6, 6.07) is 12.8. The molecule has 1 atom stereocenters. The van der Waals surface area contributed by atoms with Crippen molar-refractivity contribution in [2.45, 2.75) is 11.7 Å². The molecule has 29 heavy (non-hydrogen) atoms. The standard InChI is InChI=1S/C21H19Cl2N3O2S/c1-3-10-26-20(27)19(12-15-6-9-17(22)18(23)11-15)29-21(26)25-24-13-14-4-7-16(28-2)8-5-14/h3-9,11,13,19H,1,10,12H2,2H3/b24-13-,25-21-/t19-/m0/s1.